The molecule has 0 saturated heterocycles. The molecule has 0 fully saturated rings. The SMILES string of the molecule is Cc1ccc(NC(=O)c2ccc(Cl)c(S(N)(=O)=O)c2)c(Br)c1. The summed E-state index contributed by atoms with van der Waals surface area (Å²) in [5, 5.41) is 7.72. The van der Waals surface area contributed by atoms with Gasteiger partial charge in [-0.2, -0.15) is 0 Å². The monoisotopic (exact) mass is 402 g/mol. The van der Waals surface area contributed by atoms with Crippen LogP contribution in [0.3, 0.4) is 0 Å². The third-order valence-electron chi connectivity index (χ3n) is 2.87. The summed E-state index contributed by atoms with van der Waals surface area (Å²) in [5.74, 6) is -0.467. The molecule has 0 aliphatic carbocycles. The van der Waals surface area contributed by atoms with Gasteiger partial charge >= 0.3 is 0 Å². The molecule has 2 rings (SSSR count). The first-order valence-corrected chi connectivity index (χ1v) is 8.80. The molecule has 3 N–H and O–H groups in total. The average Bonchev–Trinajstić information content (AvgIpc) is 2.41. The Labute approximate surface area is 141 Å². The van der Waals surface area contributed by atoms with Crippen LogP contribution in [0.1, 0.15) is 15.9 Å². The molecule has 22 heavy (non-hydrogen) atoms. The minimum atomic E-state index is -4.00. The molecule has 0 saturated carbocycles. The highest BCUT2D eigenvalue weighted by Gasteiger charge is 2.17. The van der Waals surface area contributed by atoms with Gasteiger partial charge in [0, 0.05) is 10.0 Å². The Morgan fingerprint density at radius 3 is 2.50 bits per heavy atom. The molecule has 2 aromatic rings. The van der Waals surface area contributed by atoms with Crippen LogP contribution in [0.2, 0.25) is 5.02 Å². The number of carbonyl (C=O) groups excluding carboxylic acids is 1. The van der Waals surface area contributed by atoms with E-state index >= 15 is 0 Å². The summed E-state index contributed by atoms with van der Waals surface area (Å²) in [7, 11) is -4.00. The van der Waals surface area contributed by atoms with Gasteiger partial charge in [0.25, 0.3) is 5.91 Å². The lowest BCUT2D eigenvalue weighted by molar-refractivity contribution is 0.102. The number of nitrogens with two attached hydrogens (primary N) is 1. The Bertz CT molecular complexity index is 853. The van der Waals surface area contributed by atoms with Gasteiger partial charge in [0.2, 0.25) is 10.0 Å². The van der Waals surface area contributed by atoms with E-state index < -0.39 is 15.9 Å². The fourth-order valence-corrected chi connectivity index (χ4v) is 3.44. The highest BCUT2D eigenvalue weighted by Crippen LogP contribution is 2.25. The number of sulfonamides is 1. The zero-order valence-electron chi connectivity index (χ0n) is 11.4. The number of rotatable bonds is 3. The van der Waals surface area contributed by atoms with Crippen molar-refractivity contribution in [2.24, 2.45) is 5.14 Å². The molecule has 2 aromatic carbocycles. The maximum Gasteiger partial charge on any atom is 0.255 e. The van der Waals surface area contributed by atoms with Crippen molar-refractivity contribution in [3.05, 3.63) is 57.0 Å². The Balaban J connectivity index is 2.34. The number of carbonyl (C=O) groups is 1. The van der Waals surface area contributed by atoms with Gasteiger partial charge < -0.3 is 5.32 Å². The van der Waals surface area contributed by atoms with Crippen molar-refractivity contribution in [3.8, 4) is 0 Å². The van der Waals surface area contributed by atoms with E-state index in [1.165, 1.54) is 12.1 Å². The molecule has 0 aromatic heterocycles. The lowest BCUT2D eigenvalue weighted by Gasteiger charge is -2.09. The maximum atomic E-state index is 12.2. The van der Waals surface area contributed by atoms with E-state index in [0.29, 0.717) is 5.69 Å². The van der Waals surface area contributed by atoms with E-state index in [1.807, 2.05) is 19.1 Å². The summed E-state index contributed by atoms with van der Waals surface area (Å²) in [6.07, 6.45) is 0. The number of benzene rings is 2. The summed E-state index contributed by atoms with van der Waals surface area (Å²) >= 11 is 9.14. The number of primary sulfonamides is 1. The molecule has 0 aliphatic rings. The molecule has 0 bridgehead atoms. The third kappa shape index (κ3) is 3.86. The van der Waals surface area contributed by atoms with Gasteiger partial charge in [-0.05, 0) is 58.7 Å². The van der Waals surface area contributed by atoms with Crippen LogP contribution >= 0.6 is 27.5 Å². The van der Waals surface area contributed by atoms with E-state index in [-0.39, 0.29) is 15.5 Å². The molecule has 0 spiro atoms. The second-order valence-corrected chi connectivity index (χ2v) is 7.42. The summed E-state index contributed by atoms with van der Waals surface area (Å²) in [6, 6.07) is 9.34. The van der Waals surface area contributed by atoms with Crippen LogP contribution in [-0.4, -0.2) is 14.3 Å². The molecule has 1 amide bonds. The van der Waals surface area contributed by atoms with Gasteiger partial charge in [-0.1, -0.05) is 17.7 Å². The number of hydrogen-bond acceptors (Lipinski definition) is 3. The van der Waals surface area contributed by atoms with Crippen LogP contribution in [0.25, 0.3) is 0 Å². The van der Waals surface area contributed by atoms with Crippen LogP contribution < -0.4 is 10.5 Å². The topological polar surface area (TPSA) is 89.3 Å². The zero-order valence-corrected chi connectivity index (χ0v) is 14.6. The van der Waals surface area contributed by atoms with Gasteiger partial charge in [0.1, 0.15) is 4.90 Å². The first kappa shape index (κ1) is 17.0. The van der Waals surface area contributed by atoms with Crippen LogP contribution in [-0.2, 0) is 10.0 Å². The van der Waals surface area contributed by atoms with E-state index in [2.05, 4.69) is 21.2 Å². The van der Waals surface area contributed by atoms with Gasteiger partial charge in [-0.3, -0.25) is 4.79 Å². The molecule has 0 heterocycles. The van der Waals surface area contributed by atoms with Gasteiger partial charge in [0.15, 0.2) is 0 Å². The molecule has 116 valence electrons. The summed E-state index contributed by atoms with van der Waals surface area (Å²) in [6.45, 7) is 1.92. The number of anilines is 1. The Morgan fingerprint density at radius 1 is 1.23 bits per heavy atom. The molecular formula is C14H12BrClN2O3S. The lowest BCUT2D eigenvalue weighted by Crippen LogP contribution is -2.16. The van der Waals surface area contributed by atoms with Crippen molar-refractivity contribution in [3.63, 3.8) is 0 Å². The fraction of sp³-hybridized carbons (Fsp3) is 0.0714. The second kappa shape index (κ2) is 6.37. The summed E-state index contributed by atoms with van der Waals surface area (Å²) in [5.41, 5.74) is 1.75. The molecular weight excluding hydrogens is 392 g/mol. The standard InChI is InChI=1S/C14H12BrClN2O3S/c1-8-2-5-12(10(15)6-8)18-14(19)9-3-4-11(16)13(7-9)22(17,20)21/h2-7H,1H3,(H,18,19)(H2,17,20,21). The number of amides is 1. The van der Waals surface area contributed by atoms with Crippen molar-refractivity contribution in [1.82, 2.24) is 0 Å². The average molecular weight is 404 g/mol. The molecule has 0 atom stereocenters. The van der Waals surface area contributed by atoms with Crippen molar-refractivity contribution in [2.75, 3.05) is 5.32 Å². The van der Waals surface area contributed by atoms with Crippen LogP contribution in [0.5, 0.6) is 0 Å². The Morgan fingerprint density at radius 2 is 1.91 bits per heavy atom. The predicted octanol–water partition coefficient (Wildman–Crippen LogP) is 3.31. The first-order chi connectivity index (χ1) is 10.2. The van der Waals surface area contributed by atoms with Crippen molar-refractivity contribution in [2.45, 2.75) is 11.8 Å². The lowest BCUT2D eigenvalue weighted by atomic mass is 10.2. The minimum Gasteiger partial charge on any atom is -0.321 e. The first-order valence-electron chi connectivity index (χ1n) is 6.08. The molecule has 0 radical (unpaired) electrons. The van der Waals surface area contributed by atoms with Crippen molar-refractivity contribution < 1.29 is 13.2 Å². The predicted molar refractivity (Wildman–Crippen MR) is 89.7 cm³/mol. The van der Waals surface area contributed by atoms with Crippen molar-refractivity contribution >= 4 is 49.1 Å². The van der Waals surface area contributed by atoms with Gasteiger partial charge in [0.05, 0.1) is 10.7 Å². The normalized spacial score (nSPS) is 11.3. The number of aryl methyl sites for hydroxylation is 1. The summed E-state index contributed by atoms with van der Waals surface area (Å²) < 4.78 is 23.6. The molecule has 8 heteroatoms. The Kier molecular flexibility index (Phi) is 4.91. The number of hydrogen-bond donors (Lipinski definition) is 2. The van der Waals surface area contributed by atoms with E-state index in [0.717, 1.165) is 16.1 Å². The minimum absolute atomic E-state index is 0.0319. The highest BCUT2D eigenvalue weighted by molar-refractivity contribution is 9.10. The molecule has 5 nitrogen and oxygen atoms in total. The number of nitrogens with one attached hydrogen (secondary N) is 1. The zero-order chi connectivity index (χ0) is 16.5. The largest absolute Gasteiger partial charge is 0.321 e. The van der Waals surface area contributed by atoms with Crippen molar-refractivity contribution in [1.29, 1.82) is 0 Å². The number of halogens is 2. The van der Waals surface area contributed by atoms with Gasteiger partial charge in [-0.25, -0.2) is 13.6 Å². The Hall–Kier alpha value is -1.41. The fourth-order valence-electron chi connectivity index (χ4n) is 1.78. The van der Waals surface area contributed by atoms with Crippen LogP contribution in [0.4, 0.5) is 5.69 Å². The van der Waals surface area contributed by atoms with Gasteiger partial charge in [-0.15, -0.1) is 0 Å². The maximum absolute atomic E-state index is 12.2. The van der Waals surface area contributed by atoms with Crippen LogP contribution in [0, 0.1) is 6.92 Å². The van der Waals surface area contributed by atoms with E-state index in [1.54, 1.807) is 6.07 Å². The second-order valence-electron chi connectivity index (χ2n) is 4.63. The van der Waals surface area contributed by atoms with E-state index in [9.17, 15) is 13.2 Å². The van der Waals surface area contributed by atoms with Crippen LogP contribution in [0.15, 0.2) is 45.8 Å². The third-order valence-corrected chi connectivity index (χ3v) is 4.92. The highest BCUT2D eigenvalue weighted by atomic mass is 79.9. The molecule has 0 aliphatic heterocycles. The summed E-state index contributed by atoms with van der Waals surface area (Å²) in [4.78, 5) is 11.9. The smallest absolute Gasteiger partial charge is 0.255 e. The van der Waals surface area contributed by atoms with E-state index in [4.69, 9.17) is 16.7 Å². The quantitative estimate of drug-likeness (QED) is 0.824. The molecule has 0 unspecified atom stereocenters.